The highest BCUT2D eigenvalue weighted by Gasteiger charge is 2.41. The molecule has 20 heavy (non-hydrogen) atoms. The SMILES string of the molecule is C=C(C)CC[C@@H](C(C)=O)N1C(=O)c2ccccc2C1=O. The smallest absolute Gasteiger partial charge is 0.262 e. The molecule has 1 aliphatic heterocycles. The predicted molar refractivity (Wildman–Crippen MR) is 75.5 cm³/mol. The molecule has 4 heteroatoms. The molecule has 0 aromatic heterocycles. The highest BCUT2D eigenvalue weighted by atomic mass is 16.2. The van der Waals surface area contributed by atoms with Gasteiger partial charge in [0.25, 0.3) is 11.8 Å². The number of hydrogen-bond donors (Lipinski definition) is 0. The maximum absolute atomic E-state index is 12.3. The lowest BCUT2D eigenvalue weighted by Crippen LogP contribution is -2.44. The molecule has 1 aromatic carbocycles. The summed E-state index contributed by atoms with van der Waals surface area (Å²) in [6, 6.07) is 5.95. The van der Waals surface area contributed by atoms with E-state index in [9.17, 15) is 14.4 Å². The van der Waals surface area contributed by atoms with Gasteiger partial charge >= 0.3 is 0 Å². The molecule has 1 atom stereocenters. The van der Waals surface area contributed by atoms with Crippen LogP contribution in [-0.4, -0.2) is 28.5 Å². The standard InChI is InChI=1S/C16H17NO3/c1-10(2)8-9-14(11(3)18)17-15(19)12-6-4-5-7-13(12)16(17)20/h4-7,14H,1,8-9H2,2-3H3/t14-/m0/s1. The summed E-state index contributed by atoms with van der Waals surface area (Å²) in [6.45, 7) is 7.06. The van der Waals surface area contributed by atoms with Crippen molar-refractivity contribution in [3.63, 3.8) is 0 Å². The Bertz CT molecular complexity index is 568. The van der Waals surface area contributed by atoms with Gasteiger partial charge in [-0.2, -0.15) is 0 Å². The summed E-state index contributed by atoms with van der Waals surface area (Å²) >= 11 is 0. The summed E-state index contributed by atoms with van der Waals surface area (Å²) < 4.78 is 0. The summed E-state index contributed by atoms with van der Waals surface area (Å²) in [5.74, 6) is -0.944. The molecule has 1 aliphatic rings. The van der Waals surface area contributed by atoms with E-state index in [1.807, 2.05) is 6.92 Å². The number of Topliss-reactive ketones (excluding diaryl/α,β-unsaturated/α-hetero) is 1. The van der Waals surface area contributed by atoms with Crippen molar-refractivity contribution >= 4 is 17.6 Å². The van der Waals surface area contributed by atoms with E-state index in [0.717, 1.165) is 10.5 Å². The van der Waals surface area contributed by atoms with Gasteiger partial charge in [-0.1, -0.05) is 17.7 Å². The average molecular weight is 271 g/mol. The molecule has 1 heterocycles. The highest BCUT2D eigenvalue weighted by Crippen LogP contribution is 2.26. The first kappa shape index (κ1) is 14.2. The van der Waals surface area contributed by atoms with Crippen LogP contribution in [0.25, 0.3) is 0 Å². The van der Waals surface area contributed by atoms with Gasteiger partial charge in [0.05, 0.1) is 17.2 Å². The summed E-state index contributed by atoms with van der Waals surface area (Å²) in [7, 11) is 0. The van der Waals surface area contributed by atoms with E-state index in [-0.39, 0.29) is 17.6 Å². The second-order valence-electron chi connectivity index (χ2n) is 5.15. The number of amides is 2. The third-order valence-electron chi connectivity index (χ3n) is 3.45. The number of imide groups is 1. The molecule has 1 aromatic rings. The van der Waals surface area contributed by atoms with E-state index in [1.54, 1.807) is 24.3 Å². The monoisotopic (exact) mass is 271 g/mol. The van der Waals surface area contributed by atoms with Crippen molar-refractivity contribution in [2.24, 2.45) is 0 Å². The minimum Gasteiger partial charge on any atom is -0.298 e. The number of carbonyl (C=O) groups is 3. The van der Waals surface area contributed by atoms with Crippen LogP contribution in [0.4, 0.5) is 0 Å². The third-order valence-corrected chi connectivity index (χ3v) is 3.45. The summed E-state index contributed by atoms with van der Waals surface area (Å²) in [4.78, 5) is 37.6. The Morgan fingerprint density at radius 3 is 2.05 bits per heavy atom. The second-order valence-corrected chi connectivity index (χ2v) is 5.15. The fourth-order valence-electron chi connectivity index (χ4n) is 2.39. The van der Waals surface area contributed by atoms with Crippen molar-refractivity contribution in [3.05, 3.63) is 47.5 Å². The van der Waals surface area contributed by atoms with Gasteiger partial charge in [-0.3, -0.25) is 19.3 Å². The highest BCUT2D eigenvalue weighted by molar-refractivity contribution is 6.22. The molecule has 0 fully saturated rings. The van der Waals surface area contributed by atoms with E-state index >= 15 is 0 Å². The number of fused-ring (bicyclic) bond motifs is 1. The van der Waals surface area contributed by atoms with Gasteiger partial charge in [0.15, 0.2) is 5.78 Å². The summed E-state index contributed by atoms with van der Waals surface area (Å²) in [5, 5.41) is 0. The Labute approximate surface area is 118 Å². The second kappa shape index (κ2) is 5.41. The topological polar surface area (TPSA) is 54.5 Å². The number of rotatable bonds is 5. The lowest BCUT2D eigenvalue weighted by atomic mass is 10.0. The Kier molecular flexibility index (Phi) is 3.84. The largest absolute Gasteiger partial charge is 0.298 e. The number of allylic oxidation sites excluding steroid dienone is 1. The summed E-state index contributed by atoms with van der Waals surface area (Å²) in [5.41, 5.74) is 1.67. The normalized spacial score (nSPS) is 15.2. The predicted octanol–water partition coefficient (Wildman–Crippen LogP) is 2.60. The minimum atomic E-state index is -0.709. The Morgan fingerprint density at radius 1 is 1.15 bits per heavy atom. The Morgan fingerprint density at radius 2 is 1.65 bits per heavy atom. The first-order valence-electron chi connectivity index (χ1n) is 6.55. The molecule has 0 radical (unpaired) electrons. The molecule has 0 N–H and O–H groups in total. The van der Waals surface area contributed by atoms with E-state index < -0.39 is 6.04 Å². The van der Waals surface area contributed by atoms with Crippen molar-refractivity contribution in [1.29, 1.82) is 0 Å². The zero-order valence-corrected chi connectivity index (χ0v) is 11.7. The molecular weight excluding hydrogens is 254 g/mol. The number of ketones is 1. The van der Waals surface area contributed by atoms with Crippen LogP contribution in [0.2, 0.25) is 0 Å². The van der Waals surface area contributed by atoms with Crippen LogP contribution in [-0.2, 0) is 4.79 Å². The van der Waals surface area contributed by atoms with Crippen molar-refractivity contribution in [3.8, 4) is 0 Å². The van der Waals surface area contributed by atoms with Gasteiger partial charge in [-0.25, -0.2) is 0 Å². The molecule has 2 rings (SSSR count). The molecule has 0 unspecified atom stereocenters. The molecule has 4 nitrogen and oxygen atoms in total. The van der Waals surface area contributed by atoms with Crippen LogP contribution in [0.15, 0.2) is 36.4 Å². The maximum Gasteiger partial charge on any atom is 0.262 e. The van der Waals surface area contributed by atoms with Gasteiger partial charge in [-0.15, -0.1) is 6.58 Å². The van der Waals surface area contributed by atoms with Crippen LogP contribution < -0.4 is 0 Å². The van der Waals surface area contributed by atoms with E-state index in [1.165, 1.54) is 6.92 Å². The van der Waals surface area contributed by atoms with E-state index in [0.29, 0.717) is 24.0 Å². The number of hydrogen-bond acceptors (Lipinski definition) is 3. The quantitative estimate of drug-likeness (QED) is 0.611. The van der Waals surface area contributed by atoms with Gasteiger partial charge in [0, 0.05) is 0 Å². The van der Waals surface area contributed by atoms with Gasteiger partial charge in [-0.05, 0) is 38.8 Å². The lowest BCUT2D eigenvalue weighted by Gasteiger charge is -2.23. The minimum absolute atomic E-state index is 0.180. The molecule has 0 saturated carbocycles. The van der Waals surface area contributed by atoms with Gasteiger partial charge in [0.1, 0.15) is 0 Å². The molecule has 0 bridgehead atoms. The Balaban J connectivity index is 2.32. The van der Waals surface area contributed by atoms with Crippen molar-refractivity contribution in [2.45, 2.75) is 32.7 Å². The fourth-order valence-corrected chi connectivity index (χ4v) is 2.39. The van der Waals surface area contributed by atoms with Gasteiger partial charge < -0.3 is 0 Å². The molecule has 104 valence electrons. The zero-order valence-electron chi connectivity index (χ0n) is 11.7. The first-order valence-corrected chi connectivity index (χ1v) is 6.55. The first-order chi connectivity index (χ1) is 9.43. The van der Waals surface area contributed by atoms with Crippen LogP contribution in [0.1, 0.15) is 47.4 Å². The molecular formula is C16H17NO3. The summed E-state index contributed by atoms with van der Waals surface area (Å²) in [6.07, 6.45) is 1.04. The van der Waals surface area contributed by atoms with Crippen LogP contribution in [0.5, 0.6) is 0 Å². The van der Waals surface area contributed by atoms with Crippen LogP contribution in [0, 0.1) is 0 Å². The maximum atomic E-state index is 12.3. The van der Waals surface area contributed by atoms with E-state index in [2.05, 4.69) is 6.58 Å². The third kappa shape index (κ3) is 2.41. The number of carbonyl (C=O) groups excluding carboxylic acids is 3. The zero-order chi connectivity index (χ0) is 14.9. The van der Waals surface area contributed by atoms with Gasteiger partial charge in [0.2, 0.25) is 0 Å². The van der Waals surface area contributed by atoms with Crippen LogP contribution >= 0.6 is 0 Å². The van der Waals surface area contributed by atoms with Crippen molar-refractivity contribution < 1.29 is 14.4 Å². The Hall–Kier alpha value is -2.23. The van der Waals surface area contributed by atoms with Crippen molar-refractivity contribution in [1.82, 2.24) is 4.90 Å². The van der Waals surface area contributed by atoms with Crippen molar-refractivity contribution in [2.75, 3.05) is 0 Å². The number of benzene rings is 1. The lowest BCUT2D eigenvalue weighted by molar-refractivity contribution is -0.120. The average Bonchev–Trinajstić information content (AvgIpc) is 2.64. The molecule has 0 aliphatic carbocycles. The molecule has 0 saturated heterocycles. The van der Waals surface area contributed by atoms with Crippen LogP contribution in [0.3, 0.4) is 0 Å². The van der Waals surface area contributed by atoms with E-state index in [4.69, 9.17) is 0 Å². The fraction of sp³-hybridized carbons (Fsp3) is 0.312. The molecule has 2 amide bonds. The number of nitrogens with zero attached hydrogens (tertiary/aromatic N) is 1. The molecule has 0 spiro atoms.